The highest BCUT2D eigenvalue weighted by atomic mass is 19.1. The van der Waals surface area contributed by atoms with Gasteiger partial charge in [0, 0.05) is 18.5 Å². The minimum Gasteiger partial charge on any atom is -0.352 e. The van der Waals surface area contributed by atoms with Gasteiger partial charge in [0.2, 0.25) is 5.91 Å². The number of benzene rings is 1. The number of halogens is 1. The van der Waals surface area contributed by atoms with Crippen LogP contribution < -0.4 is 11.1 Å². The Hall–Kier alpha value is -1.42. The van der Waals surface area contributed by atoms with Crippen LogP contribution in [0.3, 0.4) is 0 Å². The molecule has 2 unspecified atom stereocenters. The molecule has 0 saturated heterocycles. The van der Waals surface area contributed by atoms with Crippen molar-refractivity contribution in [2.45, 2.75) is 45.2 Å². The Labute approximate surface area is 113 Å². The predicted octanol–water partition coefficient (Wildman–Crippen LogP) is 2.27. The Morgan fingerprint density at radius 1 is 1.47 bits per heavy atom. The van der Waals surface area contributed by atoms with Crippen molar-refractivity contribution in [3.63, 3.8) is 0 Å². The smallest absolute Gasteiger partial charge is 0.223 e. The molecule has 1 aromatic carbocycles. The van der Waals surface area contributed by atoms with E-state index in [-0.39, 0.29) is 23.7 Å². The summed E-state index contributed by atoms with van der Waals surface area (Å²) in [5, 5.41) is 2.87. The number of amides is 1. The number of hydrogen-bond acceptors (Lipinski definition) is 2. The fourth-order valence-corrected chi connectivity index (χ4v) is 2.55. The van der Waals surface area contributed by atoms with E-state index in [1.807, 2.05) is 6.07 Å². The van der Waals surface area contributed by atoms with E-state index in [1.165, 1.54) is 6.07 Å². The lowest BCUT2D eigenvalue weighted by molar-refractivity contribution is -0.126. The molecule has 1 saturated carbocycles. The summed E-state index contributed by atoms with van der Waals surface area (Å²) in [6.45, 7) is 2.10. The van der Waals surface area contributed by atoms with E-state index in [0.717, 1.165) is 31.2 Å². The molecule has 0 radical (unpaired) electrons. The topological polar surface area (TPSA) is 55.1 Å². The molecule has 0 spiro atoms. The molecule has 104 valence electrons. The van der Waals surface area contributed by atoms with Gasteiger partial charge in [0.25, 0.3) is 0 Å². The van der Waals surface area contributed by atoms with Crippen molar-refractivity contribution >= 4 is 5.91 Å². The van der Waals surface area contributed by atoms with Crippen LogP contribution in [0.25, 0.3) is 0 Å². The molecule has 0 aromatic heterocycles. The average Bonchev–Trinajstić information content (AvgIpc) is 2.40. The van der Waals surface area contributed by atoms with Crippen LogP contribution in [0.2, 0.25) is 0 Å². The Balaban J connectivity index is 1.87. The first-order valence-corrected chi connectivity index (χ1v) is 6.84. The molecule has 1 fully saturated rings. The Kier molecular flexibility index (Phi) is 4.53. The summed E-state index contributed by atoms with van der Waals surface area (Å²) in [7, 11) is 0. The van der Waals surface area contributed by atoms with Crippen LogP contribution in [0, 0.1) is 18.7 Å². The number of aryl methyl sites for hydroxylation is 1. The number of nitrogens with two attached hydrogens (primary N) is 1. The van der Waals surface area contributed by atoms with Crippen LogP contribution in [0.4, 0.5) is 4.39 Å². The van der Waals surface area contributed by atoms with Crippen LogP contribution in [-0.4, -0.2) is 11.9 Å². The van der Waals surface area contributed by atoms with Crippen LogP contribution in [0.15, 0.2) is 18.2 Å². The van der Waals surface area contributed by atoms with Gasteiger partial charge in [-0.25, -0.2) is 4.39 Å². The zero-order chi connectivity index (χ0) is 13.8. The third-order valence-electron chi connectivity index (χ3n) is 3.79. The monoisotopic (exact) mass is 264 g/mol. The molecule has 2 rings (SSSR count). The lowest BCUT2D eigenvalue weighted by atomic mass is 9.85. The normalized spacial score (nSPS) is 23.1. The van der Waals surface area contributed by atoms with Crippen molar-refractivity contribution in [3.8, 4) is 0 Å². The SMILES string of the molecule is Cc1ccc(CNC(=O)C2CCCC(N)C2)cc1F. The largest absolute Gasteiger partial charge is 0.352 e. The zero-order valence-electron chi connectivity index (χ0n) is 11.3. The average molecular weight is 264 g/mol. The summed E-state index contributed by atoms with van der Waals surface area (Å²) in [6.07, 6.45) is 3.68. The molecule has 0 heterocycles. The highest BCUT2D eigenvalue weighted by Crippen LogP contribution is 2.23. The molecular weight excluding hydrogens is 243 g/mol. The molecular formula is C15H21FN2O. The van der Waals surface area contributed by atoms with Gasteiger partial charge in [-0.3, -0.25) is 4.79 Å². The summed E-state index contributed by atoms with van der Waals surface area (Å²) >= 11 is 0. The van der Waals surface area contributed by atoms with E-state index in [4.69, 9.17) is 5.73 Å². The quantitative estimate of drug-likeness (QED) is 0.880. The number of carbonyl (C=O) groups is 1. The number of hydrogen-bond donors (Lipinski definition) is 2. The summed E-state index contributed by atoms with van der Waals surface area (Å²) in [5.41, 5.74) is 7.28. The first kappa shape index (κ1) is 14.0. The lowest BCUT2D eigenvalue weighted by Gasteiger charge is -2.25. The lowest BCUT2D eigenvalue weighted by Crippen LogP contribution is -2.37. The fraction of sp³-hybridized carbons (Fsp3) is 0.533. The molecule has 0 aliphatic heterocycles. The maximum absolute atomic E-state index is 13.4. The summed E-state index contributed by atoms with van der Waals surface area (Å²) in [5.74, 6) is -0.179. The second-order valence-electron chi connectivity index (χ2n) is 5.42. The molecule has 1 aliphatic carbocycles. The summed E-state index contributed by atoms with van der Waals surface area (Å²) in [6, 6.07) is 5.18. The molecule has 0 bridgehead atoms. The van der Waals surface area contributed by atoms with Gasteiger partial charge in [-0.05, 0) is 43.4 Å². The number of rotatable bonds is 3. The van der Waals surface area contributed by atoms with Gasteiger partial charge in [-0.15, -0.1) is 0 Å². The van der Waals surface area contributed by atoms with Crippen LogP contribution in [-0.2, 0) is 11.3 Å². The van der Waals surface area contributed by atoms with E-state index >= 15 is 0 Å². The number of carbonyl (C=O) groups excluding carboxylic acids is 1. The first-order chi connectivity index (χ1) is 9.06. The number of nitrogens with one attached hydrogen (secondary N) is 1. The minimum atomic E-state index is -0.230. The van der Waals surface area contributed by atoms with Crippen molar-refractivity contribution < 1.29 is 9.18 Å². The Morgan fingerprint density at radius 2 is 2.26 bits per heavy atom. The van der Waals surface area contributed by atoms with E-state index in [2.05, 4.69) is 5.32 Å². The highest BCUT2D eigenvalue weighted by Gasteiger charge is 2.24. The summed E-state index contributed by atoms with van der Waals surface area (Å²) in [4.78, 5) is 12.0. The van der Waals surface area contributed by atoms with Crippen LogP contribution in [0.1, 0.15) is 36.8 Å². The summed E-state index contributed by atoms with van der Waals surface area (Å²) < 4.78 is 13.4. The molecule has 19 heavy (non-hydrogen) atoms. The van der Waals surface area contributed by atoms with E-state index in [0.29, 0.717) is 12.1 Å². The molecule has 3 nitrogen and oxygen atoms in total. The maximum atomic E-state index is 13.4. The molecule has 2 atom stereocenters. The standard InChI is InChI=1S/C15H21FN2O/c1-10-5-6-11(7-14(10)16)9-18-15(19)12-3-2-4-13(17)8-12/h5-7,12-13H,2-4,8-9,17H2,1H3,(H,18,19). The molecule has 1 aromatic rings. The van der Waals surface area contributed by atoms with Gasteiger partial charge in [-0.2, -0.15) is 0 Å². The van der Waals surface area contributed by atoms with Crippen molar-refractivity contribution in [1.29, 1.82) is 0 Å². The van der Waals surface area contributed by atoms with Gasteiger partial charge < -0.3 is 11.1 Å². The third kappa shape index (κ3) is 3.77. The van der Waals surface area contributed by atoms with Gasteiger partial charge in [0.15, 0.2) is 0 Å². The second kappa shape index (κ2) is 6.15. The molecule has 1 amide bonds. The van der Waals surface area contributed by atoms with Crippen molar-refractivity contribution in [2.75, 3.05) is 0 Å². The highest BCUT2D eigenvalue weighted by molar-refractivity contribution is 5.78. The van der Waals surface area contributed by atoms with Gasteiger partial charge in [-0.1, -0.05) is 18.6 Å². The van der Waals surface area contributed by atoms with E-state index in [1.54, 1.807) is 13.0 Å². The van der Waals surface area contributed by atoms with Crippen molar-refractivity contribution in [3.05, 3.63) is 35.1 Å². The third-order valence-corrected chi connectivity index (χ3v) is 3.79. The van der Waals surface area contributed by atoms with Crippen molar-refractivity contribution in [2.24, 2.45) is 11.7 Å². The minimum absolute atomic E-state index is 0.0130. The predicted molar refractivity (Wildman–Crippen MR) is 72.9 cm³/mol. The molecule has 4 heteroatoms. The molecule has 1 aliphatic rings. The Morgan fingerprint density at radius 3 is 2.95 bits per heavy atom. The van der Waals surface area contributed by atoms with Crippen LogP contribution in [0.5, 0.6) is 0 Å². The first-order valence-electron chi connectivity index (χ1n) is 6.84. The van der Waals surface area contributed by atoms with E-state index in [9.17, 15) is 9.18 Å². The molecule has 3 N–H and O–H groups in total. The van der Waals surface area contributed by atoms with Crippen molar-refractivity contribution in [1.82, 2.24) is 5.32 Å². The Bertz CT molecular complexity index is 461. The zero-order valence-corrected chi connectivity index (χ0v) is 11.3. The van der Waals surface area contributed by atoms with E-state index < -0.39 is 0 Å². The van der Waals surface area contributed by atoms with Crippen LogP contribution >= 0.6 is 0 Å². The fourth-order valence-electron chi connectivity index (χ4n) is 2.55. The van der Waals surface area contributed by atoms with Gasteiger partial charge in [0.05, 0.1) is 0 Å². The second-order valence-corrected chi connectivity index (χ2v) is 5.42. The van der Waals surface area contributed by atoms with Gasteiger partial charge in [0.1, 0.15) is 5.82 Å². The maximum Gasteiger partial charge on any atom is 0.223 e. The van der Waals surface area contributed by atoms with Gasteiger partial charge >= 0.3 is 0 Å².